The van der Waals surface area contributed by atoms with Gasteiger partial charge in [-0.05, 0) is 62.4 Å². The van der Waals surface area contributed by atoms with Gasteiger partial charge in [-0.1, -0.05) is 0 Å². The number of aliphatic hydroxyl groups is 1. The zero-order chi connectivity index (χ0) is 22.9. The monoisotopic (exact) mass is 437 g/mol. The topological polar surface area (TPSA) is 130 Å². The summed E-state index contributed by atoms with van der Waals surface area (Å²) in [4.78, 5) is 9.26. The first-order valence-electron chi connectivity index (χ1n) is 10.2. The molecule has 0 aliphatic heterocycles. The minimum Gasteiger partial charge on any atom is -0.392 e. The Balaban J connectivity index is 1.53. The Labute approximate surface area is 188 Å². The highest BCUT2D eigenvalue weighted by Crippen LogP contribution is 2.24. The lowest BCUT2D eigenvalue weighted by molar-refractivity contribution is 0.280. The summed E-state index contributed by atoms with van der Waals surface area (Å²) < 4.78 is 3.43. The van der Waals surface area contributed by atoms with E-state index in [9.17, 15) is 10.4 Å². The fourth-order valence-corrected chi connectivity index (χ4v) is 3.54. The summed E-state index contributed by atoms with van der Waals surface area (Å²) in [6.07, 6.45) is 1.70. The van der Waals surface area contributed by atoms with Crippen molar-refractivity contribution in [3.63, 3.8) is 0 Å². The van der Waals surface area contributed by atoms with Crippen LogP contribution in [-0.4, -0.2) is 39.6 Å². The molecule has 0 bridgehead atoms. The lowest BCUT2D eigenvalue weighted by Crippen LogP contribution is -2.09. The van der Waals surface area contributed by atoms with Gasteiger partial charge in [0.2, 0.25) is 0 Å². The van der Waals surface area contributed by atoms with Crippen LogP contribution in [0.2, 0.25) is 0 Å². The maximum atomic E-state index is 9.81. The molecule has 162 valence electrons. The third kappa shape index (κ3) is 3.77. The number of anilines is 2. The zero-order valence-electron chi connectivity index (χ0n) is 17.9. The maximum absolute atomic E-state index is 9.81. The molecule has 33 heavy (non-hydrogen) atoms. The van der Waals surface area contributed by atoms with Gasteiger partial charge in [-0.3, -0.25) is 4.57 Å². The van der Waals surface area contributed by atoms with Gasteiger partial charge in [0.15, 0.2) is 17.3 Å². The Morgan fingerprint density at radius 1 is 1.06 bits per heavy atom. The summed E-state index contributed by atoms with van der Waals surface area (Å²) >= 11 is 0. The van der Waals surface area contributed by atoms with E-state index < -0.39 is 0 Å². The van der Waals surface area contributed by atoms with Crippen LogP contribution >= 0.6 is 0 Å². The van der Waals surface area contributed by atoms with Gasteiger partial charge in [0.1, 0.15) is 18.2 Å². The summed E-state index contributed by atoms with van der Waals surface area (Å²) in [5.74, 6) is 1.73. The van der Waals surface area contributed by atoms with E-state index in [1.54, 1.807) is 23.1 Å². The van der Waals surface area contributed by atoms with Crippen LogP contribution in [0.25, 0.3) is 22.7 Å². The predicted molar refractivity (Wildman–Crippen MR) is 121 cm³/mol. The van der Waals surface area contributed by atoms with E-state index in [1.165, 1.54) is 0 Å². The van der Waals surface area contributed by atoms with Crippen LogP contribution in [0.1, 0.15) is 22.6 Å². The van der Waals surface area contributed by atoms with Crippen LogP contribution in [0.15, 0.2) is 54.9 Å². The Bertz CT molecular complexity index is 1510. The summed E-state index contributed by atoms with van der Waals surface area (Å²) in [5, 5.41) is 34.7. The molecule has 10 heteroatoms. The molecule has 0 aliphatic rings. The highest BCUT2D eigenvalue weighted by Gasteiger charge is 2.15. The molecule has 4 aromatic heterocycles. The van der Waals surface area contributed by atoms with Gasteiger partial charge in [-0.25, -0.2) is 14.6 Å². The number of hydrogen-bond donors (Lipinski definition) is 2. The molecule has 1 aromatic carbocycles. The van der Waals surface area contributed by atoms with Crippen LogP contribution in [0.3, 0.4) is 0 Å². The second kappa shape index (κ2) is 8.14. The van der Waals surface area contributed by atoms with Crippen molar-refractivity contribution in [1.29, 1.82) is 5.26 Å². The molecule has 0 radical (unpaired) electrons. The number of aryl methyl sites for hydroxylation is 2. The quantitative estimate of drug-likeness (QED) is 0.429. The molecule has 0 saturated carbocycles. The molecule has 0 atom stereocenters. The molecule has 10 nitrogen and oxygen atoms in total. The lowest BCUT2D eigenvalue weighted by atomic mass is 10.2. The fourth-order valence-electron chi connectivity index (χ4n) is 3.54. The van der Waals surface area contributed by atoms with E-state index in [2.05, 4.69) is 25.6 Å². The fraction of sp³-hybridized carbons (Fsp3) is 0.130. The number of pyridine rings is 1. The molecule has 0 unspecified atom stereocenters. The van der Waals surface area contributed by atoms with Crippen molar-refractivity contribution in [2.45, 2.75) is 20.5 Å². The van der Waals surface area contributed by atoms with Crippen molar-refractivity contribution in [2.24, 2.45) is 0 Å². The van der Waals surface area contributed by atoms with Crippen LogP contribution in [0.5, 0.6) is 0 Å². The van der Waals surface area contributed by atoms with Crippen molar-refractivity contribution in [2.75, 3.05) is 5.32 Å². The zero-order valence-corrected chi connectivity index (χ0v) is 17.9. The molecule has 0 spiro atoms. The molecule has 0 amide bonds. The lowest BCUT2D eigenvalue weighted by Gasteiger charge is -2.12. The van der Waals surface area contributed by atoms with Gasteiger partial charge >= 0.3 is 0 Å². The van der Waals surface area contributed by atoms with Crippen molar-refractivity contribution >= 4 is 22.5 Å². The van der Waals surface area contributed by atoms with Crippen LogP contribution in [0.4, 0.5) is 11.5 Å². The third-order valence-corrected chi connectivity index (χ3v) is 5.18. The molecule has 5 rings (SSSR count). The Hall–Kier alpha value is -4.62. The summed E-state index contributed by atoms with van der Waals surface area (Å²) in [6, 6.07) is 16.9. The van der Waals surface area contributed by atoms with Gasteiger partial charge in [0.05, 0.1) is 23.3 Å². The highest BCUT2D eigenvalue weighted by atomic mass is 16.3. The second-order valence-electron chi connectivity index (χ2n) is 7.51. The third-order valence-electron chi connectivity index (χ3n) is 5.18. The van der Waals surface area contributed by atoms with E-state index in [0.717, 1.165) is 28.1 Å². The largest absolute Gasteiger partial charge is 0.392 e. The number of rotatable bonds is 5. The number of nitrogens with zero attached hydrogens (tertiary/aromatic N) is 8. The summed E-state index contributed by atoms with van der Waals surface area (Å²) in [5.41, 5.74) is 4.96. The highest BCUT2D eigenvalue weighted by molar-refractivity contribution is 5.82. The molecule has 2 N–H and O–H groups in total. The van der Waals surface area contributed by atoms with Crippen LogP contribution in [-0.2, 0) is 6.61 Å². The van der Waals surface area contributed by atoms with Crippen molar-refractivity contribution in [3.05, 3.63) is 77.5 Å². The van der Waals surface area contributed by atoms with Gasteiger partial charge in [-0.15, -0.1) is 5.10 Å². The first kappa shape index (κ1) is 20.3. The summed E-state index contributed by atoms with van der Waals surface area (Å²) in [7, 11) is 0. The maximum Gasteiger partial charge on any atom is 0.163 e. The number of aliphatic hydroxyl groups excluding tert-OH is 1. The standard InChI is InChI=1S/C23H19N9O/c1-14-3-7-21(29-28-14)26-17-5-6-20-19(10-17)25-13-31(20)22-8-4-16(12-33)23(27-22)32-15(2)9-18(11-24)30-32/h3-10,13,33H,12H2,1-2H3,(H,26,29). The Kier molecular flexibility index (Phi) is 5.01. The van der Waals surface area contributed by atoms with Crippen molar-refractivity contribution < 1.29 is 5.11 Å². The number of nitriles is 1. The van der Waals surface area contributed by atoms with Gasteiger partial charge < -0.3 is 10.4 Å². The van der Waals surface area contributed by atoms with E-state index in [-0.39, 0.29) is 12.3 Å². The summed E-state index contributed by atoms with van der Waals surface area (Å²) in [6.45, 7) is 3.52. The number of nitrogens with one attached hydrogen (secondary N) is 1. The molecule has 0 saturated heterocycles. The predicted octanol–water partition coefficient (Wildman–Crippen LogP) is 3.12. The first-order chi connectivity index (χ1) is 16.1. The molecule has 0 aliphatic carbocycles. The average Bonchev–Trinajstić information content (AvgIpc) is 3.43. The number of imidazole rings is 1. The molecular formula is C23H19N9O. The molecule has 0 fully saturated rings. The Morgan fingerprint density at radius 3 is 2.67 bits per heavy atom. The normalized spacial score (nSPS) is 11.0. The minimum atomic E-state index is -0.203. The molecule has 5 aromatic rings. The number of fused-ring (bicyclic) bond motifs is 1. The smallest absolute Gasteiger partial charge is 0.163 e. The van der Waals surface area contributed by atoms with Gasteiger partial charge in [0, 0.05) is 16.9 Å². The number of hydrogen-bond acceptors (Lipinski definition) is 8. The van der Waals surface area contributed by atoms with Crippen LogP contribution < -0.4 is 5.32 Å². The van der Waals surface area contributed by atoms with E-state index in [0.29, 0.717) is 23.0 Å². The van der Waals surface area contributed by atoms with Crippen molar-refractivity contribution in [1.82, 2.24) is 34.5 Å². The van der Waals surface area contributed by atoms with E-state index >= 15 is 0 Å². The average molecular weight is 437 g/mol. The number of aromatic nitrogens is 7. The van der Waals surface area contributed by atoms with Crippen molar-refractivity contribution in [3.8, 4) is 17.7 Å². The molecular weight excluding hydrogens is 418 g/mol. The first-order valence-corrected chi connectivity index (χ1v) is 10.2. The SMILES string of the molecule is Cc1ccc(Nc2ccc3c(c2)ncn3-c2ccc(CO)c(-n3nc(C#N)cc3C)n2)nn1. The van der Waals surface area contributed by atoms with E-state index in [4.69, 9.17) is 4.98 Å². The minimum absolute atomic E-state index is 0.203. The second-order valence-corrected chi connectivity index (χ2v) is 7.51. The van der Waals surface area contributed by atoms with Gasteiger partial charge in [0.25, 0.3) is 0 Å². The molecule has 4 heterocycles. The van der Waals surface area contributed by atoms with Crippen LogP contribution in [0, 0.1) is 25.2 Å². The number of benzene rings is 1. The Morgan fingerprint density at radius 2 is 1.94 bits per heavy atom. The van der Waals surface area contributed by atoms with E-state index in [1.807, 2.05) is 60.9 Å². The van der Waals surface area contributed by atoms with Gasteiger partial charge in [-0.2, -0.15) is 15.5 Å².